The van der Waals surface area contributed by atoms with Gasteiger partial charge in [0.25, 0.3) is 5.69 Å². The van der Waals surface area contributed by atoms with Gasteiger partial charge in [0.05, 0.1) is 17.2 Å². The van der Waals surface area contributed by atoms with Crippen molar-refractivity contribution in [3.05, 3.63) is 58.4 Å². The van der Waals surface area contributed by atoms with E-state index in [2.05, 4.69) is 0 Å². The van der Waals surface area contributed by atoms with Gasteiger partial charge in [-0.25, -0.2) is 0 Å². The number of nitriles is 1. The average Bonchev–Trinajstić information content (AvgIpc) is 2.74. The molecule has 0 spiro atoms. The highest BCUT2D eigenvalue weighted by molar-refractivity contribution is 5.46. The van der Waals surface area contributed by atoms with E-state index in [9.17, 15) is 10.1 Å². The maximum absolute atomic E-state index is 10.6. The number of hydrogen-bond acceptors (Lipinski definition) is 3. The van der Waals surface area contributed by atoms with Crippen molar-refractivity contribution in [3.63, 3.8) is 0 Å². The molecule has 0 saturated carbocycles. The van der Waals surface area contributed by atoms with Gasteiger partial charge in [0.1, 0.15) is 11.8 Å². The summed E-state index contributed by atoms with van der Waals surface area (Å²) in [5, 5.41) is 19.5. The van der Waals surface area contributed by atoms with Crippen LogP contribution in [0.4, 0.5) is 5.69 Å². The maximum Gasteiger partial charge on any atom is 0.288 e. The van der Waals surface area contributed by atoms with Crippen LogP contribution in [-0.4, -0.2) is 9.49 Å². The van der Waals surface area contributed by atoms with Crippen molar-refractivity contribution < 1.29 is 4.92 Å². The van der Waals surface area contributed by atoms with Gasteiger partial charge in [-0.05, 0) is 12.1 Å². The normalized spacial score (nSPS) is 9.69. The molecule has 0 saturated heterocycles. The molecule has 5 heteroatoms. The van der Waals surface area contributed by atoms with Crippen LogP contribution in [0.25, 0.3) is 5.69 Å². The summed E-state index contributed by atoms with van der Waals surface area (Å²) >= 11 is 0. The Bertz CT molecular complexity index is 567. The molecule has 0 aliphatic heterocycles. The summed E-state index contributed by atoms with van der Waals surface area (Å²) in [5.74, 6) is 0. The van der Waals surface area contributed by atoms with Crippen molar-refractivity contribution in [2.45, 2.75) is 0 Å². The Labute approximate surface area is 91.3 Å². The molecule has 0 N–H and O–H groups in total. The zero-order chi connectivity index (χ0) is 11.5. The Kier molecular flexibility index (Phi) is 2.40. The van der Waals surface area contributed by atoms with E-state index in [1.165, 1.54) is 16.8 Å². The van der Waals surface area contributed by atoms with Gasteiger partial charge >= 0.3 is 0 Å². The van der Waals surface area contributed by atoms with Gasteiger partial charge in [0, 0.05) is 5.69 Å². The fraction of sp³-hybridized carbons (Fsp3) is 0. The zero-order valence-corrected chi connectivity index (χ0v) is 8.20. The molecule has 2 rings (SSSR count). The molecule has 0 aliphatic carbocycles. The minimum atomic E-state index is -0.514. The number of hydrogen-bond donors (Lipinski definition) is 0. The molecule has 1 aromatic heterocycles. The van der Waals surface area contributed by atoms with Crippen LogP contribution in [-0.2, 0) is 0 Å². The van der Waals surface area contributed by atoms with E-state index < -0.39 is 4.92 Å². The highest BCUT2D eigenvalue weighted by atomic mass is 16.6. The molecule has 0 radical (unpaired) electrons. The SMILES string of the molecule is N#Cc1cc([N+](=O)[O-])cn1-c1ccccc1. The molecule has 0 aliphatic rings. The molecular weight excluding hydrogens is 206 g/mol. The first-order chi connectivity index (χ1) is 7.72. The third-order valence-corrected chi connectivity index (χ3v) is 2.17. The first-order valence-corrected chi connectivity index (χ1v) is 4.54. The van der Waals surface area contributed by atoms with E-state index in [0.717, 1.165) is 5.69 Å². The van der Waals surface area contributed by atoms with Gasteiger partial charge in [0.2, 0.25) is 0 Å². The quantitative estimate of drug-likeness (QED) is 0.567. The summed E-state index contributed by atoms with van der Waals surface area (Å²) in [7, 11) is 0. The number of benzene rings is 1. The summed E-state index contributed by atoms with van der Waals surface area (Å²) in [6, 6.07) is 12.2. The summed E-state index contributed by atoms with van der Waals surface area (Å²) in [6.45, 7) is 0. The van der Waals surface area contributed by atoms with Gasteiger partial charge in [-0.2, -0.15) is 5.26 Å². The second-order valence-electron chi connectivity index (χ2n) is 3.16. The zero-order valence-electron chi connectivity index (χ0n) is 8.20. The van der Waals surface area contributed by atoms with E-state index >= 15 is 0 Å². The lowest BCUT2D eigenvalue weighted by molar-refractivity contribution is -0.384. The Hall–Kier alpha value is -2.61. The topological polar surface area (TPSA) is 71.9 Å². The van der Waals surface area contributed by atoms with E-state index in [1.807, 2.05) is 24.3 Å². The third kappa shape index (κ3) is 1.64. The molecule has 0 fully saturated rings. The number of rotatable bonds is 2. The molecule has 0 atom stereocenters. The lowest BCUT2D eigenvalue weighted by Crippen LogP contribution is -1.94. The molecule has 1 aromatic carbocycles. The Morgan fingerprint density at radius 3 is 2.56 bits per heavy atom. The second kappa shape index (κ2) is 3.87. The van der Waals surface area contributed by atoms with Gasteiger partial charge in [-0.15, -0.1) is 0 Å². The largest absolute Gasteiger partial charge is 0.301 e. The summed E-state index contributed by atoms with van der Waals surface area (Å²) in [4.78, 5) is 10.1. The van der Waals surface area contributed by atoms with E-state index in [4.69, 9.17) is 5.26 Å². The van der Waals surface area contributed by atoms with E-state index in [-0.39, 0.29) is 11.4 Å². The van der Waals surface area contributed by atoms with Crippen LogP contribution >= 0.6 is 0 Å². The van der Waals surface area contributed by atoms with Crippen molar-refractivity contribution in [2.75, 3.05) is 0 Å². The van der Waals surface area contributed by atoms with Crippen molar-refractivity contribution >= 4 is 5.69 Å². The molecule has 2 aromatic rings. The second-order valence-corrected chi connectivity index (χ2v) is 3.16. The predicted octanol–water partition coefficient (Wildman–Crippen LogP) is 2.26. The molecule has 0 bridgehead atoms. The molecule has 5 nitrogen and oxygen atoms in total. The predicted molar refractivity (Wildman–Crippen MR) is 57.1 cm³/mol. The molecule has 0 amide bonds. The Morgan fingerprint density at radius 1 is 1.31 bits per heavy atom. The third-order valence-electron chi connectivity index (χ3n) is 2.17. The number of nitrogens with zero attached hydrogens (tertiary/aromatic N) is 3. The van der Waals surface area contributed by atoms with Crippen molar-refractivity contribution in [1.82, 2.24) is 4.57 Å². The minimum Gasteiger partial charge on any atom is -0.301 e. The molecule has 78 valence electrons. The Morgan fingerprint density at radius 2 is 2.00 bits per heavy atom. The van der Waals surface area contributed by atoms with E-state index in [1.54, 1.807) is 12.1 Å². The molecular formula is C11H7N3O2. The summed E-state index contributed by atoms with van der Waals surface area (Å²) in [6.07, 6.45) is 1.34. The van der Waals surface area contributed by atoms with Gasteiger partial charge in [-0.1, -0.05) is 18.2 Å². The highest BCUT2D eigenvalue weighted by Gasteiger charge is 2.14. The van der Waals surface area contributed by atoms with Crippen molar-refractivity contribution in [3.8, 4) is 11.8 Å². The monoisotopic (exact) mass is 213 g/mol. The fourth-order valence-corrected chi connectivity index (χ4v) is 1.44. The van der Waals surface area contributed by atoms with Crippen molar-refractivity contribution in [1.29, 1.82) is 5.26 Å². The van der Waals surface area contributed by atoms with E-state index in [0.29, 0.717) is 0 Å². The van der Waals surface area contributed by atoms with Crippen LogP contribution in [0, 0.1) is 21.4 Å². The number of nitro groups is 1. The van der Waals surface area contributed by atoms with Gasteiger partial charge < -0.3 is 4.57 Å². The maximum atomic E-state index is 10.6. The van der Waals surface area contributed by atoms with Crippen LogP contribution in [0.5, 0.6) is 0 Å². The smallest absolute Gasteiger partial charge is 0.288 e. The average molecular weight is 213 g/mol. The first kappa shape index (κ1) is 9.93. The van der Waals surface area contributed by atoms with Crippen LogP contribution in [0.1, 0.15) is 5.69 Å². The van der Waals surface area contributed by atoms with Crippen LogP contribution < -0.4 is 0 Å². The summed E-state index contributed by atoms with van der Waals surface area (Å²) < 4.78 is 1.50. The molecule has 16 heavy (non-hydrogen) atoms. The first-order valence-electron chi connectivity index (χ1n) is 4.54. The van der Waals surface area contributed by atoms with Crippen LogP contribution in [0.15, 0.2) is 42.6 Å². The minimum absolute atomic E-state index is 0.0830. The lowest BCUT2D eigenvalue weighted by Gasteiger charge is -2.01. The van der Waals surface area contributed by atoms with Crippen molar-refractivity contribution in [2.24, 2.45) is 0 Å². The van der Waals surface area contributed by atoms with Gasteiger partial charge in [0.15, 0.2) is 0 Å². The number of para-hydroxylation sites is 1. The fourth-order valence-electron chi connectivity index (χ4n) is 1.44. The molecule has 0 unspecified atom stereocenters. The van der Waals surface area contributed by atoms with Crippen LogP contribution in [0.2, 0.25) is 0 Å². The van der Waals surface area contributed by atoms with Crippen LogP contribution in [0.3, 0.4) is 0 Å². The van der Waals surface area contributed by atoms with Gasteiger partial charge in [-0.3, -0.25) is 10.1 Å². The number of aromatic nitrogens is 1. The summed E-state index contributed by atoms with van der Waals surface area (Å²) in [5.41, 5.74) is 0.894. The standard InChI is InChI=1S/C11H7N3O2/c12-7-10-6-11(14(15)16)8-13(10)9-4-2-1-3-5-9/h1-6,8H. The Balaban J connectivity index is 2.57. The highest BCUT2D eigenvalue weighted by Crippen LogP contribution is 2.20. The molecule has 1 heterocycles. The lowest BCUT2D eigenvalue weighted by atomic mass is 10.3.